The smallest absolute Gasteiger partial charge is 0.303 e. The number of amides is 1. The van der Waals surface area contributed by atoms with E-state index in [2.05, 4.69) is 15.5 Å². The largest absolute Gasteiger partial charge is 0.481 e. The van der Waals surface area contributed by atoms with Gasteiger partial charge in [0, 0.05) is 43.3 Å². The van der Waals surface area contributed by atoms with Gasteiger partial charge in [-0.05, 0) is 36.1 Å². The summed E-state index contributed by atoms with van der Waals surface area (Å²) in [5.41, 5.74) is 3.37. The van der Waals surface area contributed by atoms with Gasteiger partial charge in [0.25, 0.3) is 0 Å². The van der Waals surface area contributed by atoms with E-state index in [1.165, 1.54) is 0 Å². The predicted octanol–water partition coefficient (Wildman–Crippen LogP) is 4.62. The lowest BCUT2D eigenvalue weighted by Crippen LogP contribution is -2.31. The highest BCUT2D eigenvalue weighted by Crippen LogP contribution is 2.39. The molecule has 208 valence electrons. The number of hydrogen-bond acceptors (Lipinski definition) is 8. The zero-order chi connectivity index (χ0) is 27.6. The van der Waals surface area contributed by atoms with Crippen LogP contribution in [0.3, 0.4) is 0 Å². The molecular formula is C28H34N4O6S. The number of nitrogens with zero attached hydrogens (tertiary/aromatic N) is 3. The van der Waals surface area contributed by atoms with E-state index in [9.17, 15) is 14.7 Å². The summed E-state index contributed by atoms with van der Waals surface area (Å²) in [5.74, 6) is -0.236. The van der Waals surface area contributed by atoms with Crippen LogP contribution in [0, 0.1) is 0 Å². The number of thioether (sulfide) groups is 1. The van der Waals surface area contributed by atoms with Crippen LogP contribution in [0.2, 0.25) is 0 Å². The first-order valence-electron chi connectivity index (χ1n) is 13.0. The summed E-state index contributed by atoms with van der Waals surface area (Å²) in [4.78, 5) is 22.9. The van der Waals surface area contributed by atoms with E-state index in [4.69, 9.17) is 14.6 Å². The van der Waals surface area contributed by atoms with Gasteiger partial charge in [-0.2, -0.15) is 0 Å². The van der Waals surface area contributed by atoms with Crippen LogP contribution in [0.1, 0.15) is 67.6 Å². The number of aliphatic carboxylic acids is 1. The minimum absolute atomic E-state index is 0.0118. The Labute approximate surface area is 231 Å². The summed E-state index contributed by atoms with van der Waals surface area (Å²) in [7, 11) is 1.90. The Morgan fingerprint density at radius 1 is 1.03 bits per heavy atom. The minimum atomic E-state index is -0.813. The number of carboxylic acid groups (broad SMARTS) is 1. The lowest BCUT2D eigenvalue weighted by atomic mass is 10.0. The number of carbonyl (C=O) groups is 2. The lowest BCUT2D eigenvalue weighted by Gasteiger charge is -2.36. The van der Waals surface area contributed by atoms with Gasteiger partial charge in [0.2, 0.25) is 5.91 Å². The van der Waals surface area contributed by atoms with Crippen molar-refractivity contribution in [3.05, 3.63) is 71.5 Å². The normalized spacial score (nSPS) is 19.1. The van der Waals surface area contributed by atoms with Gasteiger partial charge in [-0.1, -0.05) is 54.6 Å². The lowest BCUT2D eigenvalue weighted by molar-refractivity contribution is -0.245. The predicted molar refractivity (Wildman–Crippen MR) is 146 cm³/mol. The molecule has 0 spiro atoms. The molecule has 0 saturated carbocycles. The van der Waals surface area contributed by atoms with Gasteiger partial charge in [0.15, 0.2) is 11.4 Å². The number of aromatic nitrogens is 3. The molecule has 1 amide bonds. The molecule has 2 heterocycles. The molecule has 3 N–H and O–H groups in total. The highest BCUT2D eigenvalue weighted by atomic mass is 32.2. The van der Waals surface area contributed by atoms with E-state index in [1.807, 2.05) is 60.1 Å². The maximum absolute atomic E-state index is 12.3. The minimum Gasteiger partial charge on any atom is -0.481 e. The van der Waals surface area contributed by atoms with E-state index in [0.29, 0.717) is 43.5 Å². The van der Waals surface area contributed by atoms with Crippen molar-refractivity contribution in [3.63, 3.8) is 0 Å². The van der Waals surface area contributed by atoms with Gasteiger partial charge in [-0.15, -0.1) is 10.2 Å². The first-order chi connectivity index (χ1) is 18.9. The Morgan fingerprint density at radius 2 is 1.74 bits per heavy atom. The molecule has 0 unspecified atom stereocenters. The molecule has 10 nitrogen and oxygen atoms in total. The highest BCUT2D eigenvalue weighted by Gasteiger charge is 2.32. The van der Waals surface area contributed by atoms with Crippen LogP contribution in [-0.4, -0.2) is 48.7 Å². The second kappa shape index (κ2) is 14.2. The third-order valence-corrected chi connectivity index (χ3v) is 7.61. The van der Waals surface area contributed by atoms with Crippen LogP contribution in [0.5, 0.6) is 0 Å². The average Bonchev–Trinajstić information content (AvgIpc) is 3.36. The molecule has 4 rings (SSSR count). The van der Waals surface area contributed by atoms with E-state index in [-0.39, 0.29) is 31.1 Å². The quantitative estimate of drug-likeness (QED) is 0.204. The number of carbonyl (C=O) groups excluding carboxylic acids is 1. The third-order valence-electron chi connectivity index (χ3n) is 6.44. The molecule has 0 radical (unpaired) electrons. The van der Waals surface area contributed by atoms with Gasteiger partial charge in [0.05, 0.1) is 18.8 Å². The summed E-state index contributed by atoms with van der Waals surface area (Å²) in [6, 6.07) is 15.2. The Bertz CT molecular complexity index is 1220. The molecule has 0 aliphatic carbocycles. The molecule has 2 aromatic carbocycles. The first-order valence-corrected chi connectivity index (χ1v) is 14.0. The number of ether oxygens (including phenoxy) is 2. The maximum atomic E-state index is 12.3. The summed E-state index contributed by atoms with van der Waals surface area (Å²) >= 11 is 1.58. The Hall–Kier alpha value is -3.25. The summed E-state index contributed by atoms with van der Waals surface area (Å²) in [6.45, 7) is -0.0118. The highest BCUT2D eigenvalue weighted by molar-refractivity contribution is 7.99. The molecule has 39 heavy (non-hydrogen) atoms. The van der Waals surface area contributed by atoms with Gasteiger partial charge in [0.1, 0.15) is 6.33 Å². The zero-order valence-electron chi connectivity index (χ0n) is 21.9. The molecule has 1 aromatic heterocycles. The van der Waals surface area contributed by atoms with Crippen LogP contribution >= 0.6 is 11.8 Å². The van der Waals surface area contributed by atoms with Crippen molar-refractivity contribution in [2.75, 3.05) is 11.1 Å². The average molecular weight is 555 g/mol. The Morgan fingerprint density at radius 3 is 2.41 bits per heavy atom. The first kappa shape index (κ1) is 28.8. The number of aliphatic hydroxyl groups excluding tert-OH is 1. The van der Waals surface area contributed by atoms with E-state index in [1.54, 1.807) is 18.1 Å². The van der Waals surface area contributed by atoms with Crippen molar-refractivity contribution in [3.8, 4) is 0 Å². The molecule has 0 bridgehead atoms. The number of anilines is 1. The Balaban J connectivity index is 1.38. The van der Waals surface area contributed by atoms with Crippen LogP contribution in [-0.2, 0) is 32.7 Å². The number of carboxylic acids is 1. The van der Waals surface area contributed by atoms with Crippen molar-refractivity contribution in [2.24, 2.45) is 7.05 Å². The molecule has 3 atom stereocenters. The monoisotopic (exact) mass is 554 g/mol. The number of aliphatic hydroxyl groups is 1. The third kappa shape index (κ3) is 8.62. The van der Waals surface area contributed by atoms with Crippen molar-refractivity contribution in [1.29, 1.82) is 0 Å². The molecule has 1 fully saturated rings. The number of aryl methyl sites for hydroxylation is 1. The van der Waals surface area contributed by atoms with Crippen LogP contribution < -0.4 is 5.32 Å². The number of benzene rings is 2. The summed E-state index contributed by atoms with van der Waals surface area (Å²) in [5, 5.41) is 29.9. The fraction of sp³-hybridized carbons (Fsp3) is 0.429. The standard InChI is InChI=1S/C28H34N4O6S/c1-32-18-29-31-28(32)39-17-23-15-24(20-9-7-19(16-33)8-10-20)38-27(37-23)21-11-13-22(14-12-21)30-25(34)5-3-2-4-6-26(35)36/h7-14,18,23-24,27,33H,2-6,15-17H2,1H3,(H,30,34)(H,35,36)/t23-,24+,27+/m1/s1. The SMILES string of the molecule is Cn1cnnc1SC[C@H]1C[C@@H](c2ccc(CO)cc2)O[C@@H](c2ccc(NC(=O)CCCCCC(=O)O)cc2)O1. The van der Waals surface area contributed by atoms with Crippen molar-refractivity contribution >= 4 is 29.3 Å². The molecular weight excluding hydrogens is 520 g/mol. The van der Waals surface area contributed by atoms with E-state index >= 15 is 0 Å². The Kier molecular flexibility index (Phi) is 10.5. The van der Waals surface area contributed by atoms with Crippen LogP contribution in [0.25, 0.3) is 0 Å². The second-order valence-corrected chi connectivity index (χ2v) is 10.5. The number of unbranched alkanes of at least 4 members (excludes halogenated alkanes) is 2. The fourth-order valence-corrected chi connectivity index (χ4v) is 5.18. The molecule has 1 aliphatic rings. The molecule has 1 aliphatic heterocycles. The molecule has 11 heteroatoms. The summed E-state index contributed by atoms with van der Waals surface area (Å²) < 4.78 is 14.6. The van der Waals surface area contributed by atoms with E-state index < -0.39 is 12.3 Å². The number of hydrogen-bond donors (Lipinski definition) is 3. The van der Waals surface area contributed by atoms with Gasteiger partial charge < -0.3 is 29.6 Å². The van der Waals surface area contributed by atoms with Crippen LogP contribution in [0.4, 0.5) is 5.69 Å². The van der Waals surface area contributed by atoms with Crippen molar-refractivity contribution in [2.45, 2.75) is 68.8 Å². The zero-order valence-corrected chi connectivity index (χ0v) is 22.7. The second-order valence-electron chi connectivity index (χ2n) is 9.51. The topological polar surface area (TPSA) is 136 Å². The molecule has 1 saturated heterocycles. The van der Waals surface area contributed by atoms with Gasteiger partial charge in [-0.25, -0.2) is 0 Å². The molecule has 3 aromatic rings. The van der Waals surface area contributed by atoms with Gasteiger partial charge >= 0.3 is 5.97 Å². The van der Waals surface area contributed by atoms with Crippen molar-refractivity contribution < 1.29 is 29.3 Å². The summed E-state index contributed by atoms with van der Waals surface area (Å²) in [6.07, 6.45) is 3.84. The van der Waals surface area contributed by atoms with Gasteiger partial charge in [-0.3, -0.25) is 9.59 Å². The number of nitrogens with one attached hydrogen (secondary N) is 1. The van der Waals surface area contributed by atoms with E-state index in [0.717, 1.165) is 21.8 Å². The number of rotatable bonds is 13. The fourth-order valence-electron chi connectivity index (χ4n) is 4.28. The van der Waals surface area contributed by atoms with Crippen molar-refractivity contribution in [1.82, 2.24) is 14.8 Å². The van der Waals surface area contributed by atoms with Crippen LogP contribution in [0.15, 0.2) is 60.0 Å². The maximum Gasteiger partial charge on any atom is 0.303 e.